The quantitative estimate of drug-likeness (QED) is 0.0777. The van der Waals surface area contributed by atoms with E-state index in [4.69, 9.17) is 21.5 Å². The molecule has 0 amide bonds. The minimum absolute atomic E-state index is 0.295. The molecule has 3 rings (SSSR count). The van der Waals surface area contributed by atoms with Gasteiger partial charge >= 0.3 is 5.97 Å². The molecule has 0 saturated heterocycles. The summed E-state index contributed by atoms with van der Waals surface area (Å²) in [6.07, 6.45) is 9.12. The van der Waals surface area contributed by atoms with Gasteiger partial charge in [-0.15, -0.1) is 10.2 Å². The van der Waals surface area contributed by atoms with Gasteiger partial charge in [-0.05, 0) is 90.6 Å². The molecule has 2 unspecified atom stereocenters. The fourth-order valence-electron chi connectivity index (χ4n) is 5.54. The van der Waals surface area contributed by atoms with Crippen LogP contribution in [0.15, 0.2) is 58.8 Å². The third-order valence-corrected chi connectivity index (χ3v) is 9.46. The minimum Gasteiger partial charge on any atom is -0.462 e. The molecule has 268 valence electrons. The number of nitrogens with two attached hydrogens (primary N) is 2. The number of benzene rings is 2. The molecular weight excluding hydrogens is 629 g/mol. The van der Waals surface area contributed by atoms with Crippen molar-refractivity contribution in [3.63, 3.8) is 0 Å². The van der Waals surface area contributed by atoms with Crippen molar-refractivity contribution in [3.05, 3.63) is 65.2 Å². The van der Waals surface area contributed by atoms with Crippen molar-refractivity contribution in [2.75, 3.05) is 36.1 Å². The van der Waals surface area contributed by atoms with Crippen LogP contribution >= 0.6 is 11.3 Å². The molecule has 9 heteroatoms. The zero-order chi connectivity index (χ0) is 36.3. The molecule has 0 aliphatic heterocycles. The van der Waals surface area contributed by atoms with Gasteiger partial charge in [-0.3, -0.25) is 0 Å². The van der Waals surface area contributed by atoms with E-state index in [1.807, 2.05) is 19.9 Å². The maximum absolute atomic E-state index is 11.8. The molecule has 1 heterocycles. The van der Waals surface area contributed by atoms with E-state index in [0.717, 1.165) is 17.5 Å². The van der Waals surface area contributed by atoms with Crippen molar-refractivity contribution in [1.29, 1.82) is 5.26 Å². The van der Waals surface area contributed by atoms with Crippen LogP contribution in [-0.2, 0) is 4.74 Å². The lowest BCUT2D eigenvalue weighted by Gasteiger charge is -2.33. The fourth-order valence-corrected chi connectivity index (χ4v) is 6.24. The minimum atomic E-state index is -0.355. The molecule has 0 bridgehead atoms. The second-order valence-electron chi connectivity index (χ2n) is 13.6. The summed E-state index contributed by atoms with van der Waals surface area (Å²) in [4.78, 5) is 14.5. The largest absolute Gasteiger partial charge is 0.462 e. The maximum atomic E-state index is 11.8. The number of hydrogen-bond acceptors (Lipinski definition) is 9. The van der Waals surface area contributed by atoms with Crippen LogP contribution in [-0.4, -0.2) is 25.7 Å². The zero-order valence-corrected chi connectivity index (χ0v) is 32.0. The van der Waals surface area contributed by atoms with Crippen LogP contribution in [0.25, 0.3) is 0 Å². The van der Waals surface area contributed by atoms with Crippen molar-refractivity contribution in [2.45, 2.75) is 106 Å². The summed E-state index contributed by atoms with van der Waals surface area (Å²) in [5.41, 5.74) is 17.0. The Kier molecular flexibility index (Phi) is 18.5. The summed E-state index contributed by atoms with van der Waals surface area (Å²) < 4.78 is 5.15. The van der Waals surface area contributed by atoms with Gasteiger partial charge < -0.3 is 21.1 Å². The Balaban J connectivity index is 0.000000342. The zero-order valence-electron chi connectivity index (χ0n) is 31.2. The van der Waals surface area contributed by atoms with E-state index in [0.29, 0.717) is 45.3 Å². The average Bonchev–Trinajstić information content (AvgIpc) is 3.46. The number of unbranched alkanes of at least 4 members (excludes halogenated alkanes) is 1. The third-order valence-electron chi connectivity index (χ3n) is 8.62. The first kappa shape index (κ1) is 41.3. The van der Waals surface area contributed by atoms with Gasteiger partial charge in [-0.2, -0.15) is 5.26 Å². The monoisotopic (exact) mass is 688 g/mol. The van der Waals surface area contributed by atoms with Gasteiger partial charge in [0.05, 0.1) is 23.4 Å². The average molecular weight is 689 g/mol. The topological polar surface area (TPSA) is 130 Å². The Morgan fingerprint density at radius 1 is 0.898 bits per heavy atom. The summed E-state index contributed by atoms with van der Waals surface area (Å²) in [5, 5.41) is 17.9. The number of nitrogens with zero attached hydrogens (tertiary/aromatic N) is 4. The number of nitrogen functional groups attached to an aromatic ring is 2. The Bertz CT molecular complexity index is 1470. The molecule has 1 aromatic heterocycles. The van der Waals surface area contributed by atoms with E-state index in [2.05, 4.69) is 74.9 Å². The summed E-state index contributed by atoms with van der Waals surface area (Å²) in [7, 11) is 0. The van der Waals surface area contributed by atoms with Crippen LogP contribution in [0.1, 0.15) is 128 Å². The molecule has 8 nitrogen and oxygen atoms in total. The Morgan fingerprint density at radius 2 is 1.55 bits per heavy atom. The summed E-state index contributed by atoms with van der Waals surface area (Å²) in [6.45, 7) is 20.5. The molecule has 2 aromatic carbocycles. The summed E-state index contributed by atoms with van der Waals surface area (Å²) in [6, 6.07) is 16.9. The summed E-state index contributed by atoms with van der Waals surface area (Å²) >= 11 is 1.20. The Hall–Kier alpha value is -3.90. The number of anilines is 3. The van der Waals surface area contributed by atoms with Crippen molar-refractivity contribution in [1.82, 2.24) is 0 Å². The van der Waals surface area contributed by atoms with Gasteiger partial charge in [0, 0.05) is 24.5 Å². The predicted octanol–water partition coefficient (Wildman–Crippen LogP) is 11.7. The molecule has 49 heavy (non-hydrogen) atoms. The number of carbonyl (C=O) groups is 1. The van der Waals surface area contributed by atoms with Crippen LogP contribution in [0, 0.1) is 29.1 Å². The van der Waals surface area contributed by atoms with E-state index >= 15 is 0 Å². The number of rotatable bonds is 18. The second-order valence-corrected chi connectivity index (χ2v) is 14.6. The van der Waals surface area contributed by atoms with Crippen LogP contribution < -0.4 is 16.4 Å². The highest BCUT2D eigenvalue weighted by Crippen LogP contribution is 2.33. The summed E-state index contributed by atoms with van der Waals surface area (Å²) in [5.74, 6) is 1.98. The molecular formula is C40H60N6O2S. The van der Waals surface area contributed by atoms with Gasteiger partial charge in [-0.25, -0.2) is 4.79 Å². The smallest absolute Gasteiger partial charge is 0.338 e. The van der Waals surface area contributed by atoms with Crippen molar-refractivity contribution < 1.29 is 9.53 Å². The number of hydrogen-bond donors (Lipinski definition) is 2. The number of thiophene rings is 1. The number of esters is 1. The van der Waals surface area contributed by atoms with Gasteiger partial charge in [0.15, 0.2) is 0 Å². The highest BCUT2D eigenvalue weighted by atomic mass is 32.1. The van der Waals surface area contributed by atoms with Crippen LogP contribution in [0.4, 0.5) is 27.1 Å². The molecule has 0 aliphatic carbocycles. The Morgan fingerprint density at radius 3 is 2.08 bits per heavy atom. The van der Waals surface area contributed by atoms with E-state index in [-0.39, 0.29) is 5.97 Å². The molecule has 0 saturated carbocycles. The highest BCUT2D eigenvalue weighted by Gasteiger charge is 2.19. The first-order chi connectivity index (χ1) is 23.4. The lowest BCUT2D eigenvalue weighted by Crippen LogP contribution is -2.34. The number of nitriles is 1. The van der Waals surface area contributed by atoms with Gasteiger partial charge in [0.1, 0.15) is 16.1 Å². The molecule has 3 aromatic rings. The van der Waals surface area contributed by atoms with Crippen molar-refractivity contribution >= 4 is 44.4 Å². The van der Waals surface area contributed by atoms with Gasteiger partial charge in [-0.1, -0.05) is 98.8 Å². The molecule has 0 aliphatic rings. The first-order valence-corrected chi connectivity index (χ1v) is 18.9. The van der Waals surface area contributed by atoms with Crippen LogP contribution in [0.3, 0.4) is 0 Å². The SMILES string of the molecule is CC(C)COC(=O)c1ccc(N=Nc2cc(C#N)c(N)s2)cc1.CCCCC(CC)CN(CC(CC)CCC)c1ccc(N)c(C(C)C)c1. The highest BCUT2D eigenvalue weighted by molar-refractivity contribution is 7.19. The number of ether oxygens (including phenoxy) is 1. The molecule has 2 atom stereocenters. The number of carbonyl (C=O) groups excluding carboxylic acids is 1. The van der Waals surface area contributed by atoms with Crippen molar-refractivity contribution in [3.8, 4) is 6.07 Å². The molecule has 0 fully saturated rings. The lowest BCUT2D eigenvalue weighted by molar-refractivity contribution is 0.0459. The van der Waals surface area contributed by atoms with Crippen LogP contribution in [0.2, 0.25) is 0 Å². The van der Waals surface area contributed by atoms with Gasteiger partial charge in [0.25, 0.3) is 0 Å². The third kappa shape index (κ3) is 14.2. The lowest BCUT2D eigenvalue weighted by atomic mass is 9.95. The maximum Gasteiger partial charge on any atom is 0.338 e. The molecule has 4 N–H and O–H groups in total. The van der Waals surface area contributed by atoms with E-state index in [1.165, 1.54) is 80.6 Å². The van der Waals surface area contributed by atoms with Crippen LogP contribution in [0.5, 0.6) is 0 Å². The molecule has 0 spiro atoms. The van der Waals surface area contributed by atoms with E-state index < -0.39 is 0 Å². The van der Waals surface area contributed by atoms with Crippen molar-refractivity contribution in [2.24, 2.45) is 28.0 Å². The standard InChI is InChI=1S/C24H44N2.C16H16N4O2S/c1-7-11-13-21(10-4)18-26(17-20(9-3)12-8-2)22-14-15-24(25)23(16-22)19(5)6;1-10(2)9-22-16(21)11-3-5-13(6-4-11)19-20-14-7-12(8-17)15(18)23-14/h14-16,19-21H,7-13,17-18,25H2,1-6H3;3-7,10H,9,18H2,1-2H3. The molecule has 0 radical (unpaired) electrons. The first-order valence-electron chi connectivity index (χ1n) is 18.1. The Labute approximate surface area is 300 Å². The van der Waals surface area contributed by atoms with Gasteiger partial charge in [0.2, 0.25) is 0 Å². The second kappa shape index (κ2) is 21.9. The number of azo groups is 1. The fraction of sp³-hybridized carbons (Fsp3) is 0.550. The predicted molar refractivity (Wildman–Crippen MR) is 208 cm³/mol. The van der Waals surface area contributed by atoms with E-state index in [1.54, 1.807) is 30.3 Å². The van der Waals surface area contributed by atoms with E-state index in [9.17, 15) is 4.79 Å². The normalized spacial score (nSPS) is 12.4.